The van der Waals surface area contributed by atoms with Crippen LogP contribution in [0.25, 0.3) is 0 Å². The first-order chi connectivity index (χ1) is 8.10. The first-order valence-corrected chi connectivity index (χ1v) is 6.45. The molecule has 0 atom stereocenters. The van der Waals surface area contributed by atoms with Gasteiger partial charge in [0.1, 0.15) is 4.88 Å². The fourth-order valence-electron chi connectivity index (χ4n) is 1.32. The Bertz CT molecular complexity index is 405. The van der Waals surface area contributed by atoms with Crippen LogP contribution in [-0.4, -0.2) is 37.0 Å². The summed E-state index contributed by atoms with van der Waals surface area (Å²) in [5, 5.41) is 2.22. The quantitative estimate of drug-likeness (QED) is 0.776. The molecular weight excluding hydrogens is 262 g/mol. The first-order valence-electron chi connectivity index (χ1n) is 5.19. The molecule has 0 aliphatic carbocycles. The average Bonchev–Trinajstić information content (AvgIpc) is 2.75. The van der Waals surface area contributed by atoms with Gasteiger partial charge in [-0.2, -0.15) is 0 Å². The molecule has 0 unspecified atom stereocenters. The Morgan fingerprint density at radius 1 is 1.53 bits per heavy atom. The SMILES string of the molecule is CCN(CCC(=O)OC)C(=O)c1sccc1Cl. The van der Waals surface area contributed by atoms with E-state index < -0.39 is 0 Å². The minimum atomic E-state index is -0.325. The van der Waals surface area contributed by atoms with Gasteiger partial charge in [-0.05, 0) is 18.4 Å². The molecule has 0 radical (unpaired) electrons. The molecule has 0 saturated carbocycles. The predicted molar refractivity (Wildman–Crippen MR) is 67.5 cm³/mol. The van der Waals surface area contributed by atoms with Gasteiger partial charge in [0.15, 0.2) is 0 Å². The summed E-state index contributed by atoms with van der Waals surface area (Å²) in [4.78, 5) is 25.2. The summed E-state index contributed by atoms with van der Waals surface area (Å²) in [7, 11) is 1.33. The van der Waals surface area contributed by atoms with Crippen LogP contribution in [0, 0.1) is 0 Å². The van der Waals surface area contributed by atoms with Crippen LogP contribution in [0.4, 0.5) is 0 Å². The molecule has 1 heterocycles. The van der Waals surface area contributed by atoms with E-state index in [0.29, 0.717) is 23.0 Å². The second kappa shape index (κ2) is 6.61. The van der Waals surface area contributed by atoms with Gasteiger partial charge < -0.3 is 9.64 Å². The molecule has 0 bridgehead atoms. The molecule has 1 amide bonds. The van der Waals surface area contributed by atoms with E-state index in [1.54, 1.807) is 16.3 Å². The number of ether oxygens (including phenoxy) is 1. The second-order valence-electron chi connectivity index (χ2n) is 3.31. The maximum Gasteiger partial charge on any atom is 0.307 e. The third-order valence-corrected chi connectivity index (χ3v) is 3.62. The summed E-state index contributed by atoms with van der Waals surface area (Å²) >= 11 is 7.20. The molecule has 0 spiro atoms. The number of nitrogens with zero attached hydrogens (tertiary/aromatic N) is 1. The van der Waals surface area contributed by atoms with Gasteiger partial charge in [-0.3, -0.25) is 9.59 Å². The highest BCUT2D eigenvalue weighted by Gasteiger charge is 2.19. The number of rotatable bonds is 5. The lowest BCUT2D eigenvalue weighted by molar-refractivity contribution is -0.140. The fraction of sp³-hybridized carbons (Fsp3) is 0.455. The van der Waals surface area contributed by atoms with E-state index in [9.17, 15) is 9.59 Å². The molecule has 1 aromatic rings. The molecule has 94 valence electrons. The third kappa shape index (κ3) is 3.71. The van der Waals surface area contributed by atoms with Crippen molar-refractivity contribution in [3.8, 4) is 0 Å². The molecular formula is C11H14ClNO3S. The van der Waals surface area contributed by atoms with Crippen molar-refractivity contribution in [2.45, 2.75) is 13.3 Å². The van der Waals surface area contributed by atoms with E-state index in [0.717, 1.165) is 0 Å². The van der Waals surface area contributed by atoms with Crippen molar-refractivity contribution in [3.05, 3.63) is 21.3 Å². The largest absolute Gasteiger partial charge is 0.469 e. The summed E-state index contributed by atoms with van der Waals surface area (Å²) < 4.78 is 4.54. The molecule has 17 heavy (non-hydrogen) atoms. The molecule has 6 heteroatoms. The Kier molecular flexibility index (Phi) is 5.44. The lowest BCUT2D eigenvalue weighted by Gasteiger charge is -2.19. The number of thiophene rings is 1. The number of carbonyl (C=O) groups is 2. The maximum absolute atomic E-state index is 12.1. The summed E-state index contributed by atoms with van der Waals surface area (Å²) in [5.74, 6) is -0.468. The van der Waals surface area contributed by atoms with Gasteiger partial charge in [-0.15, -0.1) is 11.3 Å². The van der Waals surface area contributed by atoms with Crippen molar-refractivity contribution in [1.29, 1.82) is 0 Å². The molecule has 0 aromatic carbocycles. The minimum Gasteiger partial charge on any atom is -0.469 e. The molecule has 0 aliphatic heterocycles. The Morgan fingerprint density at radius 2 is 2.24 bits per heavy atom. The van der Waals surface area contributed by atoms with E-state index in [1.165, 1.54) is 18.4 Å². The average molecular weight is 276 g/mol. The van der Waals surface area contributed by atoms with Crippen molar-refractivity contribution >= 4 is 34.8 Å². The number of esters is 1. The number of carbonyl (C=O) groups excluding carboxylic acids is 2. The van der Waals surface area contributed by atoms with E-state index in [1.807, 2.05) is 6.92 Å². The van der Waals surface area contributed by atoms with Crippen LogP contribution in [0.2, 0.25) is 5.02 Å². The van der Waals surface area contributed by atoms with Crippen molar-refractivity contribution in [3.63, 3.8) is 0 Å². The topological polar surface area (TPSA) is 46.6 Å². The summed E-state index contributed by atoms with van der Waals surface area (Å²) in [6.45, 7) is 2.73. The van der Waals surface area contributed by atoms with Crippen LogP contribution in [-0.2, 0) is 9.53 Å². The van der Waals surface area contributed by atoms with Crippen LogP contribution < -0.4 is 0 Å². The van der Waals surface area contributed by atoms with Gasteiger partial charge in [0.05, 0.1) is 18.6 Å². The molecule has 0 N–H and O–H groups in total. The van der Waals surface area contributed by atoms with Crippen molar-refractivity contribution in [1.82, 2.24) is 4.90 Å². The Balaban J connectivity index is 2.65. The van der Waals surface area contributed by atoms with Gasteiger partial charge in [0.25, 0.3) is 5.91 Å². The predicted octanol–water partition coefficient (Wildman–Crippen LogP) is 2.43. The van der Waals surface area contributed by atoms with Gasteiger partial charge in [-0.1, -0.05) is 11.6 Å². The van der Waals surface area contributed by atoms with E-state index in [-0.39, 0.29) is 18.3 Å². The Labute approximate surface area is 109 Å². The van der Waals surface area contributed by atoms with Crippen molar-refractivity contribution < 1.29 is 14.3 Å². The highest BCUT2D eigenvalue weighted by Crippen LogP contribution is 2.23. The van der Waals surface area contributed by atoms with Gasteiger partial charge in [0, 0.05) is 13.1 Å². The summed E-state index contributed by atoms with van der Waals surface area (Å²) in [5.41, 5.74) is 0. The zero-order chi connectivity index (χ0) is 12.8. The lowest BCUT2D eigenvalue weighted by Crippen LogP contribution is -2.32. The van der Waals surface area contributed by atoms with Crippen LogP contribution in [0.5, 0.6) is 0 Å². The molecule has 4 nitrogen and oxygen atoms in total. The van der Waals surface area contributed by atoms with Gasteiger partial charge >= 0.3 is 5.97 Å². The van der Waals surface area contributed by atoms with Crippen LogP contribution in [0.3, 0.4) is 0 Å². The van der Waals surface area contributed by atoms with Crippen LogP contribution in [0.15, 0.2) is 11.4 Å². The highest BCUT2D eigenvalue weighted by atomic mass is 35.5. The summed E-state index contributed by atoms with van der Waals surface area (Å²) in [6.07, 6.45) is 0.194. The number of methoxy groups -OCH3 is 1. The summed E-state index contributed by atoms with van der Waals surface area (Å²) in [6, 6.07) is 1.69. The number of amides is 1. The molecule has 1 aromatic heterocycles. The second-order valence-corrected chi connectivity index (χ2v) is 4.63. The Hall–Kier alpha value is -1.07. The Morgan fingerprint density at radius 3 is 2.71 bits per heavy atom. The van der Waals surface area contributed by atoms with Crippen molar-refractivity contribution in [2.75, 3.05) is 20.2 Å². The fourth-order valence-corrected chi connectivity index (χ4v) is 2.42. The van der Waals surface area contributed by atoms with Crippen LogP contribution in [0.1, 0.15) is 23.0 Å². The van der Waals surface area contributed by atoms with Crippen molar-refractivity contribution in [2.24, 2.45) is 0 Å². The molecule has 0 aliphatic rings. The lowest BCUT2D eigenvalue weighted by atomic mass is 10.3. The number of hydrogen-bond donors (Lipinski definition) is 0. The number of hydrogen-bond acceptors (Lipinski definition) is 4. The zero-order valence-corrected chi connectivity index (χ0v) is 11.3. The zero-order valence-electron chi connectivity index (χ0n) is 9.73. The monoisotopic (exact) mass is 275 g/mol. The van der Waals surface area contributed by atoms with E-state index in [2.05, 4.69) is 4.74 Å². The normalized spacial score (nSPS) is 10.1. The molecule has 0 saturated heterocycles. The smallest absolute Gasteiger partial charge is 0.307 e. The minimum absolute atomic E-state index is 0.142. The first kappa shape index (κ1) is 14.0. The van der Waals surface area contributed by atoms with Gasteiger partial charge in [-0.25, -0.2) is 0 Å². The number of halogens is 1. The van der Waals surface area contributed by atoms with E-state index in [4.69, 9.17) is 11.6 Å². The molecule has 0 fully saturated rings. The van der Waals surface area contributed by atoms with E-state index >= 15 is 0 Å². The maximum atomic E-state index is 12.1. The highest BCUT2D eigenvalue weighted by molar-refractivity contribution is 7.12. The van der Waals surface area contributed by atoms with Gasteiger partial charge in [0.2, 0.25) is 0 Å². The molecule has 1 rings (SSSR count). The van der Waals surface area contributed by atoms with Crippen LogP contribution >= 0.6 is 22.9 Å². The third-order valence-electron chi connectivity index (χ3n) is 2.29. The standard InChI is InChI=1S/C11H14ClNO3S/c1-3-13(6-4-9(14)16-2)11(15)10-8(12)5-7-17-10/h5,7H,3-4,6H2,1-2H3.